The van der Waals surface area contributed by atoms with Crippen LogP contribution in [0.2, 0.25) is 0 Å². The predicted molar refractivity (Wildman–Crippen MR) is 168 cm³/mol. The summed E-state index contributed by atoms with van der Waals surface area (Å²) in [5.74, 6) is 0. The Hall–Kier alpha value is -3.66. The second-order valence-corrected chi connectivity index (χ2v) is 11.4. The number of rotatable bonds is 15. The van der Waals surface area contributed by atoms with Gasteiger partial charge < -0.3 is 9.80 Å². The van der Waals surface area contributed by atoms with Crippen molar-refractivity contribution in [3.8, 4) is 0 Å². The van der Waals surface area contributed by atoms with Crippen molar-refractivity contribution >= 4 is 11.4 Å². The molecule has 0 unspecified atom stereocenters. The molecule has 0 fully saturated rings. The van der Waals surface area contributed by atoms with E-state index in [4.69, 9.17) is 0 Å². The maximum Gasteiger partial charge on any atom is 0.169 e. The van der Waals surface area contributed by atoms with Gasteiger partial charge in [0.05, 0.1) is 0 Å². The molecule has 0 aliphatic rings. The molecule has 4 nitrogen and oxygen atoms in total. The van der Waals surface area contributed by atoms with E-state index in [9.17, 15) is 0 Å². The molecular weight excluding hydrogens is 488 g/mol. The number of aryl methyl sites for hydroxylation is 6. The van der Waals surface area contributed by atoms with E-state index in [1.165, 1.54) is 59.3 Å². The van der Waals surface area contributed by atoms with Crippen LogP contribution in [0.25, 0.3) is 0 Å². The number of unbranched alkanes of at least 4 members (excludes halogenated alkanes) is 3. The van der Waals surface area contributed by atoms with E-state index in [0.717, 1.165) is 38.8 Å². The Morgan fingerprint density at radius 2 is 0.700 bits per heavy atom. The lowest BCUT2D eigenvalue weighted by molar-refractivity contribution is -0.698. The van der Waals surface area contributed by atoms with Crippen molar-refractivity contribution in [1.82, 2.24) is 0 Å². The molecule has 0 saturated heterocycles. The van der Waals surface area contributed by atoms with Crippen molar-refractivity contribution in [3.63, 3.8) is 0 Å². The zero-order chi connectivity index (χ0) is 28.2. The molecule has 0 aliphatic heterocycles. The fraction of sp³-hybridized carbons (Fsp3) is 0.389. The van der Waals surface area contributed by atoms with E-state index in [1.54, 1.807) is 0 Å². The van der Waals surface area contributed by atoms with Crippen molar-refractivity contribution < 1.29 is 9.13 Å². The summed E-state index contributed by atoms with van der Waals surface area (Å²) in [4.78, 5) is 4.29. The van der Waals surface area contributed by atoms with Crippen LogP contribution in [0.1, 0.15) is 47.9 Å². The van der Waals surface area contributed by atoms with Crippen LogP contribution in [0.15, 0.2) is 97.6 Å². The third-order valence-corrected chi connectivity index (χ3v) is 7.81. The molecule has 210 valence electrons. The smallest absolute Gasteiger partial charge is 0.169 e. The lowest BCUT2D eigenvalue weighted by atomic mass is 10.0. The number of pyridine rings is 2. The Morgan fingerprint density at radius 1 is 0.400 bits per heavy atom. The fourth-order valence-electron chi connectivity index (χ4n) is 5.05. The summed E-state index contributed by atoms with van der Waals surface area (Å²) in [6.07, 6.45) is 18.4. The van der Waals surface area contributed by atoms with Gasteiger partial charge in [0.1, 0.15) is 13.1 Å². The molecule has 0 spiro atoms. The molecule has 0 atom stereocenters. The number of benzene rings is 2. The number of aromatic nitrogens is 2. The SMILES string of the molecule is CN(C)c1ccc(CCc2cc[n+](CCCCCC[n+]3ccc(CCc4ccc(N(C)C)cc4)cc3)cc2)cc1. The van der Waals surface area contributed by atoms with Gasteiger partial charge in [-0.25, -0.2) is 9.13 Å². The first-order valence-electron chi connectivity index (χ1n) is 14.9. The highest BCUT2D eigenvalue weighted by atomic mass is 15.1. The normalized spacial score (nSPS) is 11.0. The molecule has 0 bridgehead atoms. The lowest BCUT2D eigenvalue weighted by Gasteiger charge is -2.12. The van der Waals surface area contributed by atoms with Crippen molar-refractivity contribution in [1.29, 1.82) is 0 Å². The molecule has 2 heterocycles. The van der Waals surface area contributed by atoms with Crippen LogP contribution in [0, 0.1) is 0 Å². The second-order valence-electron chi connectivity index (χ2n) is 11.4. The molecule has 4 heteroatoms. The summed E-state index contributed by atoms with van der Waals surface area (Å²) in [5.41, 5.74) is 8.14. The van der Waals surface area contributed by atoms with Gasteiger partial charge in [-0.3, -0.25) is 0 Å². The minimum absolute atomic E-state index is 1.09. The lowest BCUT2D eigenvalue weighted by Crippen LogP contribution is -2.33. The van der Waals surface area contributed by atoms with Crippen LogP contribution in [-0.4, -0.2) is 28.2 Å². The Bertz CT molecular complexity index is 1160. The van der Waals surface area contributed by atoms with E-state index in [2.05, 4.69) is 145 Å². The third kappa shape index (κ3) is 9.51. The first kappa shape index (κ1) is 29.3. The molecule has 2 aromatic carbocycles. The highest BCUT2D eigenvalue weighted by Gasteiger charge is 2.05. The Morgan fingerprint density at radius 3 is 1.00 bits per heavy atom. The highest BCUT2D eigenvalue weighted by molar-refractivity contribution is 5.46. The summed E-state index contributed by atoms with van der Waals surface area (Å²) in [6, 6.07) is 27.0. The quantitative estimate of drug-likeness (QED) is 0.132. The number of hydrogen-bond donors (Lipinski definition) is 0. The topological polar surface area (TPSA) is 14.2 Å². The molecule has 4 aromatic rings. The predicted octanol–water partition coefficient (Wildman–Crippen LogP) is 6.22. The molecule has 0 saturated carbocycles. The maximum atomic E-state index is 2.33. The number of anilines is 2. The van der Waals surface area contributed by atoms with Gasteiger partial charge in [-0.05, 0) is 85.0 Å². The minimum Gasteiger partial charge on any atom is -0.378 e. The van der Waals surface area contributed by atoms with Crippen molar-refractivity contribution in [2.24, 2.45) is 0 Å². The molecule has 0 aliphatic carbocycles. The van der Waals surface area contributed by atoms with Gasteiger partial charge in [-0.2, -0.15) is 0 Å². The van der Waals surface area contributed by atoms with Crippen molar-refractivity contribution in [2.45, 2.75) is 64.5 Å². The van der Waals surface area contributed by atoms with E-state index < -0.39 is 0 Å². The zero-order valence-corrected chi connectivity index (χ0v) is 25.1. The third-order valence-electron chi connectivity index (χ3n) is 7.81. The summed E-state index contributed by atoms with van der Waals surface area (Å²) in [7, 11) is 8.34. The van der Waals surface area contributed by atoms with E-state index >= 15 is 0 Å². The van der Waals surface area contributed by atoms with Gasteiger partial charge >= 0.3 is 0 Å². The molecule has 2 aromatic heterocycles. The van der Waals surface area contributed by atoms with Crippen molar-refractivity contribution in [3.05, 3.63) is 120 Å². The molecule has 4 rings (SSSR count). The monoisotopic (exact) mass is 536 g/mol. The van der Waals surface area contributed by atoms with E-state index in [1.807, 2.05) is 0 Å². The summed E-state index contributed by atoms with van der Waals surface area (Å²) >= 11 is 0. The van der Waals surface area contributed by atoms with Crippen LogP contribution in [-0.2, 0) is 38.8 Å². The van der Waals surface area contributed by atoms with Crippen LogP contribution in [0.3, 0.4) is 0 Å². The zero-order valence-electron chi connectivity index (χ0n) is 25.1. The number of hydrogen-bond acceptors (Lipinski definition) is 2. The molecule has 40 heavy (non-hydrogen) atoms. The van der Waals surface area contributed by atoms with Gasteiger partial charge in [-0.15, -0.1) is 0 Å². The van der Waals surface area contributed by atoms with Crippen LogP contribution in [0.4, 0.5) is 11.4 Å². The molecular formula is C36H48N4+2. The molecule has 0 radical (unpaired) electrons. The standard InChI is InChI=1S/C36H48N4/c1-37(2)35-17-13-31(14-18-35)9-11-33-21-27-39(28-22-33)25-7-5-6-8-26-40-29-23-34(24-30-40)12-10-32-15-19-36(20-16-32)38(3)4/h13-24,27-30H,5-12,25-26H2,1-4H3/q+2. The average molecular weight is 537 g/mol. The highest BCUT2D eigenvalue weighted by Crippen LogP contribution is 2.15. The van der Waals surface area contributed by atoms with Gasteiger partial charge in [0.2, 0.25) is 0 Å². The van der Waals surface area contributed by atoms with Crippen LogP contribution >= 0.6 is 0 Å². The Balaban J connectivity index is 1.07. The minimum atomic E-state index is 1.09. The van der Waals surface area contributed by atoms with Crippen LogP contribution in [0.5, 0.6) is 0 Å². The van der Waals surface area contributed by atoms with E-state index in [-0.39, 0.29) is 0 Å². The summed E-state index contributed by atoms with van der Waals surface area (Å²) in [6.45, 7) is 2.21. The molecule has 0 amide bonds. The second kappa shape index (κ2) is 15.2. The van der Waals surface area contributed by atoms with E-state index in [0.29, 0.717) is 0 Å². The van der Waals surface area contributed by atoms with Crippen LogP contribution < -0.4 is 18.9 Å². The first-order chi connectivity index (χ1) is 19.5. The summed E-state index contributed by atoms with van der Waals surface area (Å²) in [5, 5.41) is 0. The Kier molecular flexibility index (Phi) is 11.2. The largest absolute Gasteiger partial charge is 0.378 e. The van der Waals surface area contributed by atoms with Gasteiger partial charge in [0.15, 0.2) is 24.8 Å². The molecule has 0 N–H and O–H groups in total. The van der Waals surface area contributed by atoms with Gasteiger partial charge in [-0.1, -0.05) is 24.3 Å². The van der Waals surface area contributed by atoms with Gasteiger partial charge in [0.25, 0.3) is 0 Å². The maximum absolute atomic E-state index is 2.33. The van der Waals surface area contributed by atoms with Crippen molar-refractivity contribution in [2.75, 3.05) is 38.0 Å². The fourth-order valence-corrected chi connectivity index (χ4v) is 5.05. The van der Waals surface area contributed by atoms with Gasteiger partial charge in [0, 0.05) is 76.7 Å². The first-order valence-corrected chi connectivity index (χ1v) is 14.9. The summed E-state index contributed by atoms with van der Waals surface area (Å²) < 4.78 is 4.67. The average Bonchev–Trinajstić information content (AvgIpc) is 2.98. The Labute approximate surface area is 242 Å². The number of nitrogens with zero attached hydrogens (tertiary/aromatic N) is 4.